The molecule has 0 spiro atoms. The molecule has 1 fully saturated rings. The molecule has 0 aromatic carbocycles. The maximum absolute atomic E-state index is 11.9. The number of rotatable bonds is 2. The number of carbonyl (C=O) groups excluding carboxylic acids is 1. The van der Waals surface area contributed by atoms with Crippen LogP contribution in [0.25, 0.3) is 0 Å². The molecule has 0 aliphatic carbocycles. The number of Topliss-reactive ketones (excluding diaryl/α,β-unsaturated/α-hetero) is 1. The SMILES string of the molecule is Cc1cncc(C(=O)C2CCCS2)c1. The number of hydrogen-bond donors (Lipinski definition) is 0. The summed E-state index contributed by atoms with van der Waals surface area (Å²) >= 11 is 1.77. The summed E-state index contributed by atoms with van der Waals surface area (Å²) in [4.78, 5) is 16.0. The van der Waals surface area contributed by atoms with E-state index in [1.165, 1.54) is 6.42 Å². The molecule has 0 amide bonds. The molecule has 0 radical (unpaired) electrons. The Morgan fingerprint density at radius 2 is 2.43 bits per heavy atom. The highest BCUT2D eigenvalue weighted by Crippen LogP contribution is 2.28. The second-order valence-electron chi connectivity index (χ2n) is 3.62. The highest BCUT2D eigenvalue weighted by molar-refractivity contribution is 8.00. The van der Waals surface area contributed by atoms with Crippen molar-refractivity contribution >= 4 is 17.5 Å². The van der Waals surface area contributed by atoms with E-state index in [0.717, 1.165) is 23.3 Å². The largest absolute Gasteiger partial charge is 0.293 e. The maximum atomic E-state index is 11.9. The monoisotopic (exact) mass is 207 g/mol. The summed E-state index contributed by atoms with van der Waals surface area (Å²) in [6.07, 6.45) is 5.64. The van der Waals surface area contributed by atoms with Gasteiger partial charge in [0.25, 0.3) is 0 Å². The lowest BCUT2D eigenvalue weighted by Crippen LogP contribution is -2.14. The maximum Gasteiger partial charge on any atom is 0.177 e. The Kier molecular flexibility index (Phi) is 2.87. The molecule has 2 rings (SSSR count). The van der Waals surface area contributed by atoms with Crippen LogP contribution in [-0.2, 0) is 0 Å². The van der Waals surface area contributed by atoms with Gasteiger partial charge in [0.1, 0.15) is 0 Å². The predicted molar refractivity (Wildman–Crippen MR) is 58.8 cm³/mol. The molecule has 2 nitrogen and oxygen atoms in total. The summed E-state index contributed by atoms with van der Waals surface area (Å²) in [7, 11) is 0. The van der Waals surface area contributed by atoms with E-state index in [0.29, 0.717) is 0 Å². The first-order valence-corrected chi connectivity index (χ1v) is 5.90. The summed E-state index contributed by atoms with van der Waals surface area (Å²) in [5.41, 5.74) is 1.82. The van der Waals surface area contributed by atoms with E-state index in [-0.39, 0.29) is 11.0 Å². The smallest absolute Gasteiger partial charge is 0.177 e. The molecule has 1 aliphatic rings. The van der Waals surface area contributed by atoms with Gasteiger partial charge in [0, 0.05) is 18.0 Å². The van der Waals surface area contributed by atoms with Gasteiger partial charge in [0.05, 0.1) is 5.25 Å². The topological polar surface area (TPSA) is 30.0 Å². The Labute approximate surface area is 88.1 Å². The van der Waals surface area contributed by atoms with Crippen molar-refractivity contribution in [2.45, 2.75) is 25.0 Å². The van der Waals surface area contributed by atoms with Crippen molar-refractivity contribution < 1.29 is 4.79 Å². The Bertz CT molecular complexity index is 345. The molecule has 1 atom stereocenters. The summed E-state index contributed by atoms with van der Waals surface area (Å²) in [5, 5.41) is 0.179. The molecule has 14 heavy (non-hydrogen) atoms. The summed E-state index contributed by atoms with van der Waals surface area (Å²) < 4.78 is 0. The zero-order valence-corrected chi connectivity index (χ0v) is 9.01. The van der Waals surface area contributed by atoms with E-state index in [9.17, 15) is 4.79 Å². The van der Waals surface area contributed by atoms with E-state index in [2.05, 4.69) is 4.98 Å². The average molecular weight is 207 g/mol. The first kappa shape index (κ1) is 9.71. The average Bonchev–Trinajstić information content (AvgIpc) is 2.69. The van der Waals surface area contributed by atoms with Crippen LogP contribution in [0.2, 0.25) is 0 Å². The second-order valence-corrected chi connectivity index (χ2v) is 4.93. The molecular formula is C11H13NOS. The van der Waals surface area contributed by atoms with Crippen molar-refractivity contribution in [1.82, 2.24) is 4.98 Å². The number of thioether (sulfide) groups is 1. The van der Waals surface area contributed by atoms with Gasteiger partial charge in [-0.2, -0.15) is 11.8 Å². The number of nitrogens with zero attached hydrogens (tertiary/aromatic N) is 1. The fourth-order valence-corrected chi connectivity index (χ4v) is 2.90. The van der Waals surface area contributed by atoms with Crippen LogP contribution in [0.3, 0.4) is 0 Å². The molecule has 1 unspecified atom stereocenters. The fourth-order valence-electron chi connectivity index (χ4n) is 1.66. The number of aromatic nitrogens is 1. The molecule has 0 N–H and O–H groups in total. The van der Waals surface area contributed by atoms with E-state index >= 15 is 0 Å². The van der Waals surface area contributed by atoms with Crippen LogP contribution in [0.1, 0.15) is 28.8 Å². The van der Waals surface area contributed by atoms with Crippen LogP contribution in [0.15, 0.2) is 18.5 Å². The summed E-state index contributed by atoms with van der Waals surface area (Å²) in [6.45, 7) is 1.96. The predicted octanol–water partition coefficient (Wildman–Crippen LogP) is 2.47. The fraction of sp³-hybridized carbons (Fsp3) is 0.455. The van der Waals surface area contributed by atoms with Crippen molar-refractivity contribution in [2.75, 3.05) is 5.75 Å². The lowest BCUT2D eigenvalue weighted by Gasteiger charge is -2.06. The van der Waals surface area contributed by atoms with Crippen molar-refractivity contribution in [3.8, 4) is 0 Å². The van der Waals surface area contributed by atoms with Gasteiger partial charge in [-0.3, -0.25) is 9.78 Å². The highest BCUT2D eigenvalue weighted by atomic mass is 32.2. The van der Waals surface area contributed by atoms with Crippen molar-refractivity contribution in [3.05, 3.63) is 29.6 Å². The second kappa shape index (κ2) is 4.13. The Balaban J connectivity index is 2.17. The summed E-state index contributed by atoms with van der Waals surface area (Å²) in [5.74, 6) is 1.37. The third kappa shape index (κ3) is 1.98. The van der Waals surface area contributed by atoms with Crippen LogP contribution >= 0.6 is 11.8 Å². The van der Waals surface area contributed by atoms with Gasteiger partial charge >= 0.3 is 0 Å². The molecular weight excluding hydrogens is 194 g/mol. The Morgan fingerprint density at radius 3 is 3.07 bits per heavy atom. The third-order valence-electron chi connectivity index (χ3n) is 2.38. The number of ketones is 1. The third-order valence-corrected chi connectivity index (χ3v) is 3.76. The molecule has 0 bridgehead atoms. The van der Waals surface area contributed by atoms with E-state index < -0.39 is 0 Å². The minimum atomic E-state index is 0.179. The summed E-state index contributed by atoms with van der Waals surface area (Å²) in [6, 6.07) is 1.92. The van der Waals surface area contributed by atoms with E-state index in [1.807, 2.05) is 13.0 Å². The van der Waals surface area contributed by atoms with Crippen LogP contribution in [0.5, 0.6) is 0 Å². The van der Waals surface area contributed by atoms with Gasteiger partial charge in [0.15, 0.2) is 5.78 Å². The van der Waals surface area contributed by atoms with Gasteiger partial charge < -0.3 is 0 Å². The van der Waals surface area contributed by atoms with Crippen molar-refractivity contribution in [3.63, 3.8) is 0 Å². The van der Waals surface area contributed by atoms with E-state index in [4.69, 9.17) is 0 Å². The first-order chi connectivity index (χ1) is 6.77. The van der Waals surface area contributed by atoms with Gasteiger partial charge in [-0.1, -0.05) is 0 Å². The van der Waals surface area contributed by atoms with Gasteiger partial charge in [-0.15, -0.1) is 0 Å². The van der Waals surface area contributed by atoms with Gasteiger partial charge in [0.2, 0.25) is 0 Å². The normalized spacial score (nSPS) is 21.1. The zero-order chi connectivity index (χ0) is 9.97. The number of hydrogen-bond acceptors (Lipinski definition) is 3. The Hall–Kier alpha value is -0.830. The Morgan fingerprint density at radius 1 is 1.57 bits per heavy atom. The zero-order valence-electron chi connectivity index (χ0n) is 8.19. The lowest BCUT2D eigenvalue weighted by atomic mass is 10.1. The molecule has 74 valence electrons. The van der Waals surface area contributed by atoms with Crippen LogP contribution in [-0.4, -0.2) is 21.8 Å². The van der Waals surface area contributed by atoms with Crippen molar-refractivity contribution in [1.29, 1.82) is 0 Å². The molecule has 1 saturated heterocycles. The minimum absolute atomic E-state index is 0.179. The molecule has 3 heteroatoms. The molecule has 1 aromatic heterocycles. The number of aryl methyl sites for hydroxylation is 1. The number of pyridine rings is 1. The van der Waals surface area contributed by atoms with E-state index in [1.54, 1.807) is 24.2 Å². The van der Waals surface area contributed by atoms with Gasteiger partial charge in [-0.25, -0.2) is 0 Å². The van der Waals surface area contributed by atoms with Crippen LogP contribution in [0.4, 0.5) is 0 Å². The lowest BCUT2D eigenvalue weighted by molar-refractivity contribution is 0.0988. The molecule has 1 aliphatic heterocycles. The molecule has 2 heterocycles. The number of carbonyl (C=O) groups is 1. The quantitative estimate of drug-likeness (QED) is 0.698. The standard InChI is InChI=1S/C11H13NOS/c1-8-5-9(7-12-6-8)11(13)10-3-2-4-14-10/h5-7,10H,2-4H2,1H3. The first-order valence-electron chi connectivity index (χ1n) is 4.85. The molecule has 1 aromatic rings. The minimum Gasteiger partial charge on any atom is -0.293 e. The van der Waals surface area contributed by atoms with Crippen LogP contribution < -0.4 is 0 Å². The van der Waals surface area contributed by atoms with Crippen LogP contribution in [0, 0.1) is 6.92 Å². The highest BCUT2D eigenvalue weighted by Gasteiger charge is 2.24. The molecule has 0 saturated carbocycles. The van der Waals surface area contributed by atoms with Crippen molar-refractivity contribution in [2.24, 2.45) is 0 Å². The van der Waals surface area contributed by atoms with Gasteiger partial charge in [-0.05, 0) is 37.1 Å².